The Morgan fingerprint density at radius 1 is 0.927 bits per heavy atom. The Morgan fingerprint density at radius 3 is 2.10 bits per heavy atom. The number of thiophene rings is 1. The highest BCUT2D eigenvalue weighted by atomic mass is 32.1. The fourth-order valence-corrected chi connectivity index (χ4v) is 8.39. The van der Waals surface area contributed by atoms with Crippen molar-refractivity contribution in [3.05, 3.63) is 45.8 Å². The van der Waals surface area contributed by atoms with Crippen molar-refractivity contribution in [1.82, 2.24) is 24.6 Å². The Labute approximate surface area is 248 Å². The lowest BCUT2D eigenvalue weighted by atomic mass is 9.88. The van der Waals surface area contributed by atoms with Gasteiger partial charge in [-0.05, 0) is 77.1 Å². The standard InChI is InChI=1S/C33H45N5O2S/c1-21-15-22(2)17-23(16-21)30-27(19-36-11-13-37(14-12-36)20-29(39)35(5)6)26-18-28(41-31(26)34-30)33(3,4)32(40)38-24-7-8-25(38)10-9-24/h15-18,24-25,34H,7-14,19-20H2,1-6H3. The van der Waals surface area contributed by atoms with Gasteiger partial charge in [0.1, 0.15) is 4.83 Å². The van der Waals surface area contributed by atoms with Gasteiger partial charge >= 0.3 is 0 Å². The lowest BCUT2D eigenvalue weighted by molar-refractivity contribution is -0.137. The molecule has 5 heterocycles. The number of fused-ring (bicyclic) bond motifs is 3. The van der Waals surface area contributed by atoms with Crippen LogP contribution in [0.2, 0.25) is 0 Å². The summed E-state index contributed by atoms with van der Waals surface area (Å²) in [5.41, 5.74) is 5.71. The molecule has 0 unspecified atom stereocenters. The van der Waals surface area contributed by atoms with E-state index in [1.165, 1.54) is 33.3 Å². The number of piperazine rings is 1. The Bertz CT molecular complexity index is 1420. The van der Waals surface area contributed by atoms with Crippen LogP contribution in [0.25, 0.3) is 21.5 Å². The van der Waals surface area contributed by atoms with Crippen molar-refractivity contribution < 1.29 is 9.59 Å². The maximum absolute atomic E-state index is 13.9. The summed E-state index contributed by atoms with van der Waals surface area (Å²) in [4.78, 5) is 41.0. The van der Waals surface area contributed by atoms with E-state index in [4.69, 9.17) is 0 Å². The van der Waals surface area contributed by atoms with Gasteiger partial charge in [0, 0.05) is 74.7 Å². The summed E-state index contributed by atoms with van der Waals surface area (Å²) < 4.78 is 0. The zero-order valence-electron chi connectivity index (χ0n) is 25.5. The van der Waals surface area contributed by atoms with Crippen LogP contribution in [0.15, 0.2) is 24.3 Å². The molecular formula is C33H45N5O2S. The average Bonchev–Trinajstić information content (AvgIpc) is 3.70. The highest BCUT2D eigenvalue weighted by Crippen LogP contribution is 2.44. The summed E-state index contributed by atoms with van der Waals surface area (Å²) >= 11 is 1.75. The number of H-pyrrole nitrogens is 1. The first-order valence-electron chi connectivity index (χ1n) is 15.2. The van der Waals surface area contributed by atoms with Crippen LogP contribution in [0.1, 0.15) is 61.1 Å². The van der Waals surface area contributed by atoms with Crippen molar-refractivity contribution in [3.8, 4) is 11.3 Å². The van der Waals surface area contributed by atoms with E-state index in [1.54, 1.807) is 16.2 Å². The van der Waals surface area contributed by atoms with Crippen molar-refractivity contribution in [1.29, 1.82) is 0 Å². The quantitative estimate of drug-likeness (QED) is 0.423. The van der Waals surface area contributed by atoms with Crippen LogP contribution >= 0.6 is 11.3 Å². The van der Waals surface area contributed by atoms with Crippen molar-refractivity contribution >= 4 is 33.4 Å². The van der Waals surface area contributed by atoms with Gasteiger partial charge in [0.15, 0.2) is 0 Å². The number of carbonyl (C=O) groups is 2. The first-order chi connectivity index (χ1) is 19.5. The normalized spacial score (nSPS) is 21.8. The third kappa shape index (κ3) is 5.35. The number of hydrogen-bond donors (Lipinski definition) is 1. The number of aromatic amines is 1. The zero-order chi connectivity index (χ0) is 29.1. The van der Waals surface area contributed by atoms with Crippen molar-refractivity contribution in [3.63, 3.8) is 0 Å². The monoisotopic (exact) mass is 575 g/mol. The second-order valence-electron chi connectivity index (χ2n) is 13.3. The van der Waals surface area contributed by atoms with Crippen molar-refractivity contribution in [2.45, 2.75) is 77.4 Å². The Kier molecular flexibility index (Phi) is 7.54. The number of nitrogens with zero attached hydrogens (tertiary/aromatic N) is 4. The topological polar surface area (TPSA) is 62.9 Å². The number of carbonyl (C=O) groups excluding carboxylic acids is 2. The third-order valence-electron chi connectivity index (χ3n) is 9.65. The SMILES string of the molecule is Cc1cc(C)cc(-c2[nH]c3sc(C(C)(C)C(=O)N4C5CCC4CC5)cc3c2CN2CCN(CC(=O)N(C)C)CC2)c1. The van der Waals surface area contributed by atoms with Gasteiger partial charge in [0.2, 0.25) is 11.8 Å². The largest absolute Gasteiger partial charge is 0.348 e. The number of benzene rings is 1. The molecule has 3 fully saturated rings. The van der Waals surface area contributed by atoms with Gasteiger partial charge in [-0.25, -0.2) is 0 Å². The molecule has 0 atom stereocenters. The van der Waals surface area contributed by atoms with Crippen molar-refractivity contribution in [2.75, 3.05) is 46.8 Å². The van der Waals surface area contributed by atoms with E-state index in [0.717, 1.165) is 68.1 Å². The number of aryl methyl sites for hydroxylation is 2. The van der Waals surface area contributed by atoms with E-state index >= 15 is 0 Å². The van der Waals surface area contributed by atoms with Gasteiger partial charge in [-0.1, -0.05) is 17.2 Å². The summed E-state index contributed by atoms with van der Waals surface area (Å²) in [6.07, 6.45) is 4.66. The van der Waals surface area contributed by atoms with E-state index < -0.39 is 5.41 Å². The van der Waals surface area contributed by atoms with E-state index in [-0.39, 0.29) is 5.91 Å². The number of rotatable bonds is 7. The van der Waals surface area contributed by atoms with Gasteiger partial charge in [0.25, 0.3) is 0 Å². The molecule has 3 aromatic rings. The molecule has 0 spiro atoms. The minimum absolute atomic E-state index is 0.160. The number of hydrogen-bond acceptors (Lipinski definition) is 5. The molecule has 1 N–H and O–H groups in total. The summed E-state index contributed by atoms with van der Waals surface area (Å²) in [7, 11) is 3.65. The molecular weight excluding hydrogens is 530 g/mol. The second-order valence-corrected chi connectivity index (χ2v) is 14.4. The Hall–Kier alpha value is -2.68. The molecule has 3 aliphatic rings. The summed E-state index contributed by atoms with van der Waals surface area (Å²) in [6, 6.07) is 9.95. The van der Waals surface area contributed by atoms with Gasteiger partial charge in [0.05, 0.1) is 17.7 Å². The summed E-state index contributed by atoms with van der Waals surface area (Å²) in [5, 5.41) is 1.25. The van der Waals surface area contributed by atoms with Crippen LogP contribution in [0.4, 0.5) is 0 Å². The highest BCUT2D eigenvalue weighted by Gasteiger charge is 2.47. The molecule has 0 radical (unpaired) electrons. The molecule has 2 amide bonds. The smallest absolute Gasteiger partial charge is 0.236 e. The first kappa shape index (κ1) is 28.4. The van der Waals surface area contributed by atoms with E-state index in [0.29, 0.717) is 24.5 Å². The molecule has 2 aromatic heterocycles. The number of aromatic nitrogens is 1. The molecule has 220 valence electrons. The predicted octanol–water partition coefficient (Wildman–Crippen LogP) is 5.15. The first-order valence-corrected chi connectivity index (χ1v) is 16.0. The molecule has 0 saturated carbocycles. The number of amides is 2. The van der Waals surface area contributed by atoms with Crippen LogP contribution in [0.3, 0.4) is 0 Å². The molecule has 3 aliphatic heterocycles. The van der Waals surface area contributed by atoms with Gasteiger partial charge < -0.3 is 14.8 Å². The third-order valence-corrected chi connectivity index (χ3v) is 11.0. The summed E-state index contributed by atoms with van der Waals surface area (Å²) in [6.45, 7) is 13.5. The zero-order valence-corrected chi connectivity index (χ0v) is 26.4. The number of likely N-dealkylation sites (N-methyl/N-ethyl adjacent to an activating group) is 1. The average molecular weight is 576 g/mol. The molecule has 2 bridgehead atoms. The second kappa shape index (κ2) is 10.9. The highest BCUT2D eigenvalue weighted by molar-refractivity contribution is 7.19. The van der Waals surface area contributed by atoms with Crippen LogP contribution in [0, 0.1) is 13.8 Å². The molecule has 3 saturated heterocycles. The van der Waals surface area contributed by atoms with E-state index in [1.807, 2.05) is 14.1 Å². The molecule has 8 heteroatoms. The van der Waals surface area contributed by atoms with Crippen LogP contribution < -0.4 is 0 Å². The van der Waals surface area contributed by atoms with Gasteiger partial charge in [-0.3, -0.25) is 19.4 Å². The molecule has 41 heavy (non-hydrogen) atoms. The van der Waals surface area contributed by atoms with E-state index in [9.17, 15) is 9.59 Å². The maximum Gasteiger partial charge on any atom is 0.236 e. The lowest BCUT2D eigenvalue weighted by Gasteiger charge is -2.34. The Balaban J connectivity index is 1.30. The number of nitrogens with one attached hydrogen (secondary N) is 1. The summed E-state index contributed by atoms with van der Waals surface area (Å²) in [5.74, 6) is 0.457. The molecule has 6 rings (SSSR count). The maximum atomic E-state index is 13.9. The van der Waals surface area contributed by atoms with E-state index in [2.05, 4.69) is 71.6 Å². The van der Waals surface area contributed by atoms with Gasteiger partial charge in [-0.2, -0.15) is 0 Å². The fourth-order valence-electron chi connectivity index (χ4n) is 7.20. The minimum atomic E-state index is -0.544. The van der Waals surface area contributed by atoms with Crippen LogP contribution in [-0.4, -0.2) is 95.3 Å². The molecule has 7 nitrogen and oxygen atoms in total. The molecule has 1 aromatic carbocycles. The lowest BCUT2D eigenvalue weighted by Crippen LogP contribution is -2.48. The van der Waals surface area contributed by atoms with Crippen LogP contribution in [-0.2, 0) is 21.5 Å². The molecule has 0 aliphatic carbocycles. The fraction of sp³-hybridized carbons (Fsp3) is 0.576. The van der Waals surface area contributed by atoms with Crippen molar-refractivity contribution in [2.24, 2.45) is 0 Å². The van der Waals surface area contributed by atoms with Crippen LogP contribution in [0.5, 0.6) is 0 Å². The van der Waals surface area contributed by atoms with Gasteiger partial charge in [-0.15, -0.1) is 11.3 Å². The Morgan fingerprint density at radius 2 is 1.51 bits per heavy atom. The minimum Gasteiger partial charge on any atom is -0.348 e. The predicted molar refractivity (Wildman–Crippen MR) is 167 cm³/mol.